The molecule has 0 spiro atoms. The van der Waals surface area contributed by atoms with E-state index in [1.54, 1.807) is 0 Å². The first-order valence-electron chi connectivity index (χ1n) is 7.87. The fourth-order valence-electron chi connectivity index (χ4n) is 3.26. The average Bonchev–Trinajstić information content (AvgIpc) is 2.37. The van der Waals surface area contributed by atoms with Gasteiger partial charge in [-0.25, -0.2) is 0 Å². The Kier molecular flexibility index (Phi) is 5.84. The fraction of sp³-hybridized carbons (Fsp3) is 0.938. The van der Waals surface area contributed by atoms with Crippen LogP contribution < -0.4 is 11.1 Å². The minimum atomic E-state index is -0.00429. The standard InChI is InChI=1S/C16H32N2O/c1-6-12(7-2)10-18-15(19)13-8-9-14(17)11(3)16(13,4)5/h11-14H,6-10,17H2,1-5H3,(H,18,19). The molecule has 3 N–H and O–H groups in total. The number of carbonyl (C=O) groups excluding carboxylic acids is 1. The Morgan fingerprint density at radius 2 is 1.89 bits per heavy atom. The van der Waals surface area contributed by atoms with Gasteiger partial charge in [0, 0.05) is 18.5 Å². The number of hydrogen-bond donors (Lipinski definition) is 2. The average molecular weight is 268 g/mol. The highest BCUT2D eigenvalue weighted by Gasteiger charge is 2.44. The van der Waals surface area contributed by atoms with E-state index < -0.39 is 0 Å². The molecule has 1 rings (SSSR count). The number of amides is 1. The summed E-state index contributed by atoms with van der Waals surface area (Å²) in [5.74, 6) is 1.34. The summed E-state index contributed by atoms with van der Waals surface area (Å²) in [5.41, 5.74) is 6.15. The zero-order chi connectivity index (χ0) is 14.6. The van der Waals surface area contributed by atoms with Crippen molar-refractivity contribution in [1.82, 2.24) is 5.32 Å². The van der Waals surface area contributed by atoms with Crippen LogP contribution in [0.15, 0.2) is 0 Å². The van der Waals surface area contributed by atoms with E-state index >= 15 is 0 Å². The van der Waals surface area contributed by atoms with Crippen LogP contribution in [0.2, 0.25) is 0 Å². The molecule has 0 aromatic rings. The lowest BCUT2D eigenvalue weighted by Crippen LogP contribution is -2.52. The molecule has 0 radical (unpaired) electrons. The van der Waals surface area contributed by atoms with E-state index in [4.69, 9.17) is 5.73 Å². The molecule has 0 bridgehead atoms. The molecule has 1 aliphatic carbocycles. The zero-order valence-electron chi connectivity index (χ0n) is 13.3. The van der Waals surface area contributed by atoms with Crippen molar-refractivity contribution in [2.24, 2.45) is 28.9 Å². The van der Waals surface area contributed by atoms with Crippen LogP contribution in [0.4, 0.5) is 0 Å². The topological polar surface area (TPSA) is 55.1 Å². The Hall–Kier alpha value is -0.570. The van der Waals surface area contributed by atoms with Gasteiger partial charge in [0.05, 0.1) is 0 Å². The van der Waals surface area contributed by atoms with Crippen LogP contribution >= 0.6 is 0 Å². The second-order valence-electron chi connectivity index (χ2n) is 6.83. The first kappa shape index (κ1) is 16.5. The molecule has 0 aromatic heterocycles. The summed E-state index contributed by atoms with van der Waals surface area (Å²) in [6.07, 6.45) is 4.15. The molecule has 0 aromatic carbocycles. The van der Waals surface area contributed by atoms with Gasteiger partial charge in [-0.1, -0.05) is 47.5 Å². The molecule has 3 heteroatoms. The van der Waals surface area contributed by atoms with E-state index in [0.29, 0.717) is 11.8 Å². The van der Waals surface area contributed by atoms with E-state index in [2.05, 4.69) is 39.9 Å². The van der Waals surface area contributed by atoms with Crippen molar-refractivity contribution in [2.75, 3.05) is 6.54 Å². The van der Waals surface area contributed by atoms with Crippen molar-refractivity contribution in [2.45, 2.75) is 66.3 Å². The summed E-state index contributed by atoms with van der Waals surface area (Å²) in [6, 6.07) is 0.234. The third-order valence-electron chi connectivity index (χ3n) is 5.54. The Labute approximate surface area is 118 Å². The largest absolute Gasteiger partial charge is 0.356 e. The maximum atomic E-state index is 12.5. The van der Waals surface area contributed by atoms with E-state index in [-0.39, 0.29) is 23.3 Å². The minimum Gasteiger partial charge on any atom is -0.356 e. The number of nitrogens with two attached hydrogens (primary N) is 1. The number of carbonyl (C=O) groups is 1. The van der Waals surface area contributed by atoms with Gasteiger partial charge in [-0.15, -0.1) is 0 Å². The summed E-state index contributed by atoms with van der Waals surface area (Å²) < 4.78 is 0. The molecule has 0 heterocycles. The van der Waals surface area contributed by atoms with Gasteiger partial charge in [-0.05, 0) is 30.1 Å². The highest BCUT2D eigenvalue weighted by molar-refractivity contribution is 5.79. The smallest absolute Gasteiger partial charge is 0.223 e. The van der Waals surface area contributed by atoms with E-state index in [1.165, 1.54) is 0 Å². The molecule has 1 amide bonds. The molecule has 0 saturated heterocycles. The quantitative estimate of drug-likeness (QED) is 0.805. The molecule has 0 aliphatic heterocycles. The predicted octanol–water partition coefficient (Wildman–Crippen LogP) is 2.94. The van der Waals surface area contributed by atoms with Crippen LogP contribution in [-0.4, -0.2) is 18.5 Å². The highest BCUT2D eigenvalue weighted by Crippen LogP contribution is 2.44. The second kappa shape index (κ2) is 6.74. The summed E-state index contributed by atoms with van der Waals surface area (Å²) >= 11 is 0. The van der Waals surface area contributed by atoms with Crippen LogP contribution in [0.3, 0.4) is 0 Å². The number of hydrogen-bond acceptors (Lipinski definition) is 2. The first-order chi connectivity index (χ1) is 8.84. The van der Waals surface area contributed by atoms with Crippen molar-refractivity contribution in [1.29, 1.82) is 0 Å². The third kappa shape index (κ3) is 3.71. The SMILES string of the molecule is CCC(CC)CNC(=O)C1CCC(N)C(C)C1(C)C. The summed E-state index contributed by atoms with van der Waals surface area (Å²) in [6.45, 7) is 11.8. The van der Waals surface area contributed by atoms with Gasteiger partial charge in [0.25, 0.3) is 0 Å². The summed E-state index contributed by atoms with van der Waals surface area (Å²) in [5, 5.41) is 3.17. The second-order valence-corrected chi connectivity index (χ2v) is 6.83. The van der Waals surface area contributed by atoms with E-state index in [0.717, 1.165) is 32.2 Å². The fourth-order valence-corrected chi connectivity index (χ4v) is 3.26. The first-order valence-corrected chi connectivity index (χ1v) is 7.87. The molecule has 3 nitrogen and oxygen atoms in total. The van der Waals surface area contributed by atoms with Gasteiger partial charge in [0.1, 0.15) is 0 Å². The van der Waals surface area contributed by atoms with Gasteiger partial charge in [0.15, 0.2) is 0 Å². The van der Waals surface area contributed by atoms with E-state index in [1.807, 2.05) is 0 Å². The molecule has 1 saturated carbocycles. The van der Waals surface area contributed by atoms with Crippen molar-refractivity contribution < 1.29 is 4.79 Å². The molecule has 112 valence electrons. The molecule has 3 unspecified atom stereocenters. The maximum Gasteiger partial charge on any atom is 0.223 e. The van der Waals surface area contributed by atoms with Crippen molar-refractivity contribution >= 4 is 5.91 Å². The number of nitrogens with one attached hydrogen (secondary N) is 1. The van der Waals surface area contributed by atoms with Gasteiger partial charge < -0.3 is 11.1 Å². The Bertz CT molecular complexity index is 297. The Morgan fingerprint density at radius 3 is 2.42 bits per heavy atom. The zero-order valence-corrected chi connectivity index (χ0v) is 13.3. The van der Waals surface area contributed by atoms with Crippen LogP contribution in [0, 0.1) is 23.2 Å². The minimum absolute atomic E-state index is 0.00429. The molecular weight excluding hydrogens is 236 g/mol. The third-order valence-corrected chi connectivity index (χ3v) is 5.54. The number of rotatable bonds is 5. The van der Waals surface area contributed by atoms with E-state index in [9.17, 15) is 4.79 Å². The normalized spacial score (nSPS) is 30.4. The lowest BCUT2D eigenvalue weighted by Gasteiger charge is -2.46. The van der Waals surface area contributed by atoms with Crippen molar-refractivity contribution in [3.63, 3.8) is 0 Å². The van der Waals surface area contributed by atoms with Gasteiger partial charge in [-0.2, -0.15) is 0 Å². The van der Waals surface area contributed by atoms with Gasteiger partial charge in [0.2, 0.25) is 5.91 Å². The molecule has 3 atom stereocenters. The van der Waals surface area contributed by atoms with Crippen LogP contribution in [0.5, 0.6) is 0 Å². The highest BCUT2D eigenvalue weighted by atomic mass is 16.1. The van der Waals surface area contributed by atoms with Crippen LogP contribution in [0.1, 0.15) is 60.3 Å². The van der Waals surface area contributed by atoms with Gasteiger partial charge in [-0.3, -0.25) is 4.79 Å². The maximum absolute atomic E-state index is 12.5. The lowest BCUT2D eigenvalue weighted by molar-refractivity contribution is -0.132. The molecule has 19 heavy (non-hydrogen) atoms. The summed E-state index contributed by atoms with van der Waals surface area (Å²) in [7, 11) is 0. The predicted molar refractivity (Wildman–Crippen MR) is 80.7 cm³/mol. The van der Waals surface area contributed by atoms with Crippen LogP contribution in [0.25, 0.3) is 0 Å². The molecule has 1 aliphatic rings. The Morgan fingerprint density at radius 1 is 1.32 bits per heavy atom. The van der Waals surface area contributed by atoms with Crippen molar-refractivity contribution in [3.8, 4) is 0 Å². The monoisotopic (exact) mass is 268 g/mol. The molecular formula is C16H32N2O. The Balaban J connectivity index is 2.61. The van der Waals surface area contributed by atoms with Crippen molar-refractivity contribution in [3.05, 3.63) is 0 Å². The lowest BCUT2D eigenvalue weighted by atomic mass is 9.61. The molecule has 1 fully saturated rings. The van der Waals surface area contributed by atoms with Crippen LogP contribution in [-0.2, 0) is 4.79 Å². The summed E-state index contributed by atoms with van der Waals surface area (Å²) in [4.78, 5) is 12.5. The van der Waals surface area contributed by atoms with Gasteiger partial charge >= 0.3 is 0 Å².